The van der Waals surface area contributed by atoms with Crippen LogP contribution in [-0.2, 0) is 6.54 Å². The fourth-order valence-corrected chi connectivity index (χ4v) is 2.11. The summed E-state index contributed by atoms with van der Waals surface area (Å²) in [6.07, 6.45) is 2.41. The van der Waals surface area contributed by atoms with Crippen LogP contribution in [0, 0.1) is 6.92 Å². The van der Waals surface area contributed by atoms with Crippen molar-refractivity contribution in [1.29, 1.82) is 0 Å². The predicted molar refractivity (Wildman–Crippen MR) is 78.9 cm³/mol. The molecule has 0 aliphatic rings. The number of aryl methyl sites for hydroxylation is 1. The van der Waals surface area contributed by atoms with E-state index in [1.54, 1.807) is 17.9 Å². The van der Waals surface area contributed by atoms with E-state index in [1.807, 2.05) is 25.1 Å². The Kier molecular flexibility index (Phi) is 3.89. The van der Waals surface area contributed by atoms with E-state index in [4.69, 9.17) is 10.5 Å². The quantitative estimate of drug-likeness (QED) is 0.670. The molecule has 0 saturated heterocycles. The molecule has 20 heavy (non-hydrogen) atoms. The van der Waals surface area contributed by atoms with Gasteiger partial charge >= 0.3 is 0 Å². The molecule has 0 atom stereocenters. The van der Waals surface area contributed by atoms with Gasteiger partial charge in [0.2, 0.25) is 0 Å². The lowest BCUT2D eigenvalue weighted by atomic mass is 10.1. The fraction of sp³-hybridized carbons (Fsp3) is 0.200. The van der Waals surface area contributed by atoms with Crippen LogP contribution < -0.4 is 10.5 Å². The highest BCUT2D eigenvalue weighted by atomic mass is 16.5. The Morgan fingerprint density at radius 3 is 2.80 bits per heavy atom. The number of nitrogens with two attached hydrogens (primary N) is 1. The number of nitrogens with zero attached hydrogens (tertiary/aromatic N) is 2. The van der Waals surface area contributed by atoms with E-state index in [0.717, 1.165) is 23.2 Å². The van der Waals surface area contributed by atoms with Gasteiger partial charge in [0.25, 0.3) is 0 Å². The first-order valence-electron chi connectivity index (χ1n) is 6.19. The molecule has 0 amide bonds. The lowest BCUT2D eigenvalue weighted by Crippen LogP contribution is -2.03. The molecule has 2 rings (SSSR count). The maximum Gasteiger partial charge on any atom is 0.156 e. The van der Waals surface area contributed by atoms with Gasteiger partial charge in [0.1, 0.15) is 17.3 Å². The zero-order chi connectivity index (χ0) is 14.7. The average molecular weight is 271 g/mol. The molecule has 0 fully saturated rings. The number of carbonyl (C=O) groups is 1. The molecule has 0 radical (unpaired) electrons. The maximum absolute atomic E-state index is 11.3. The molecule has 2 N–H and O–H groups in total. The molecular formula is C15H17N3O2. The van der Waals surface area contributed by atoms with Crippen molar-refractivity contribution in [1.82, 2.24) is 9.78 Å². The molecule has 0 saturated carbocycles. The Hall–Kier alpha value is -2.56. The zero-order valence-electron chi connectivity index (χ0n) is 11.6. The first-order valence-corrected chi connectivity index (χ1v) is 6.19. The van der Waals surface area contributed by atoms with E-state index in [0.29, 0.717) is 23.6 Å². The second-order valence-electron chi connectivity index (χ2n) is 4.42. The van der Waals surface area contributed by atoms with Gasteiger partial charge in [0.15, 0.2) is 6.29 Å². The molecule has 2 aromatic rings. The van der Waals surface area contributed by atoms with E-state index in [-0.39, 0.29) is 0 Å². The Labute approximate surface area is 117 Å². The summed E-state index contributed by atoms with van der Waals surface area (Å²) in [5, 5.41) is 4.39. The van der Waals surface area contributed by atoms with E-state index in [2.05, 4.69) is 11.7 Å². The van der Waals surface area contributed by atoms with Gasteiger partial charge in [-0.25, -0.2) is 4.68 Å². The van der Waals surface area contributed by atoms with E-state index < -0.39 is 0 Å². The third kappa shape index (κ3) is 2.30. The van der Waals surface area contributed by atoms with Crippen LogP contribution in [-0.4, -0.2) is 23.2 Å². The van der Waals surface area contributed by atoms with Crippen LogP contribution in [0.3, 0.4) is 0 Å². The van der Waals surface area contributed by atoms with Crippen molar-refractivity contribution in [2.75, 3.05) is 12.8 Å². The minimum Gasteiger partial charge on any atom is -0.496 e. The fourth-order valence-electron chi connectivity index (χ4n) is 2.11. The molecule has 0 bridgehead atoms. The Morgan fingerprint density at radius 1 is 1.50 bits per heavy atom. The number of aromatic nitrogens is 2. The lowest BCUT2D eigenvalue weighted by Gasteiger charge is -2.06. The topological polar surface area (TPSA) is 70.1 Å². The number of benzene rings is 1. The number of carbonyl (C=O) groups excluding carboxylic acids is 1. The van der Waals surface area contributed by atoms with Gasteiger partial charge in [-0.3, -0.25) is 4.79 Å². The second-order valence-corrected chi connectivity index (χ2v) is 4.42. The Morgan fingerprint density at radius 2 is 2.25 bits per heavy atom. The van der Waals surface area contributed by atoms with Gasteiger partial charge in [0.05, 0.1) is 19.2 Å². The van der Waals surface area contributed by atoms with Gasteiger partial charge in [0, 0.05) is 5.56 Å². The number of methoxy groups -OCH3 is 1. The molecule has 1 aromatic heterocycles. The van der Waals surface area contributed by atoms with Crippen LogP contribution in [0.5, 0.6) is 5.75 Å². The van der Waals surface area contributed by atoms with Crippen molar-refractivity contribution >= 4 is 12.1 Å². The molecule has 1 heterocycles. The molecule has 0 unspecified atom stereocenters. The minimum absolute atomic E-state index is 0.350. The molecule has 0 spiro atoms. The first kappa shape index (κ1) is 13.9. The SMILES string of the molecule is C=CCn1nc(-c2ccc(OC)c(C)c2)c(C=O)c1N. The van der Waals surface area contributed by atoms with Crippen molar-refractivity contribution in [3.05, 3.63) is 42.0 Å². The number of nitrogen functional groups attached to an aromatic ring is 1. The Bertz CT molecular complexity index is 659. The third-order valence-corrected chi connectivity index (χ3v) is 3.12. The third-order valence-electron chi connectivity index (χ3n) is 3.12. The Balaban J connectivity index is 2.56. The normalized spacial score (nSPS) is 10.3. The number of hydrogen-bond acceptors (Lipinski definition) is 4. The van der Waals surface area contributed by atoms with Crippen LogP contribution >= 0.6 is 0 Å². The molecule has 5 nitrogen and oxygen atoms in total. The largest absolute Gasteiger partial charge is 0.496 e. The molecule has 5 heteroatoms. The van der Waals surface area contributed by atoms with Crippen LogP contribution in [0.4, 0.5) is 5.82 Å². The average Bonchev–Trinajstić information content (AvgIpc) is 2.76. The number of ether oxygens (including phenoxy) is 1. The van der Waals surface area contributed by atoms with Gasteiger partial charge in [-0.05, 0) is 30.7 Å². The van der Waals surface area contributed by atoms with Crippen molar-refractivity contribution in [2.45, 2.75) is 13.5 Å². The smallest absolute Gasteiger partial charge is 0.156 e. The lowest BCUT2D eigenvalue weighted by molar-refractivity contribution is 0.112. The highest BCUT2D eigenvalue weighted by Gasteiger charge is 2.16. The molecule has 1 aromatic carbocycles. The first-order chi connectivity index (χ1) is 9.62. The summed E-state index contributed by atoms with van der Waals surface area (Å²) < 4.78 is 6.79. The van der Waals surface area contributed by atoms with Gasteiger partial charge in [-0.2, -0.15) is 5.10 Å². The maximum atomic E-state index is 11.3. The molecule has 104 valence electrons. The van der Waals surface area contributed by atoms with Crippen LogP contribution in [0.15, 0.2) is 30.9 Å². The summed E-state index contributed by atoms with van der Waals surface area (Å²) in [6.45, 7) is 6.05. The van der Waals surface area contributed by atoms with Gasteiger partial charge < -0.3 is 10.5 Å². The van der Waals surface area contributed by atoms with Gasteiger partial charge in [-0.15, -0.1) is 6.58 Å². The summed E-state index contributed by atoms with van der Waals surface area (Å²) in [5.41, 5.74) is 8.71. The number of aldehydes is 1. The number of hydrogen-bond donors (Lipinski definition) is 1. The molecule has 0 aliphatic heterocycles. The van der Waals surface area contributed by atoms with Crippen molar-refractivity contribution in [3.63, 3.8) is 0 Å². The summed E-state index contributed by atoms with van der Waals surface area (Å²) in [5.74, 6) is 1.14. The van der Waals surface area contributed by atoms with Crippen molar-refractivity contribution in [3.8, 4) is 17.0 Å². The van der Waals surface area contributed by atoms with E-state index in [1.165, 1.54) is 0 Å². The number of rotatable bonds is 5. The summed E-state index contributed by atoms with van der Waals surface area (Å²) >= 11 is 0. The number of anilines is 1. The number of allylic oxidation sites excluding steroid dienone is 1. The van der Waals surface area contributed by atoms with E-state index in [9.17, 15) is 4.79 Å². The molecule has 0 aliphatic carbocycles. The van der Waals surface area contributed by atoms with Crippen LogP contribution in [0.25, 0.3) is 11.3 Å². The highest BCUT2D eigenvalue weighted by Crippen LogP contribution is 2.29. The minimum atomic E-state index is 0.350. The zero-order valence-corrected chi connectivity index (χ0v) is 11.6. The van der Waals surface area contributed by atoms with Crippen LogP contribution in [0.1, 0.15) is 15.9 Å². The van der Waals surface area contributed by atoms with Gasteiger partial charge in [-0.1, -0.05) is 6.08 Å². The highest BCUT2D eigenvalue weighted by molar-refractivity contribution is 5.91. The predicted octanol–water partition coefficient (Wildman–Crippen LogP) is 2.45. The van der Waals surface area contributed by atoms with E-state index >= 15 is 0 Å². The summed E-state index contributed by atoms with van der Waals surface area (Å²) in [6, 6.07) is 5.63. The second kappa shape index (κ2) is 5.61. The van der Waals surface area contributed by atoms with Crippen molar-refractivity contribution in [2.24, 2.45) is 0 Å². The molecular weight excluding hydrogens is 254 g/mol. The monoisotopic (exact) mass is 271 g/mol. The summed E-state index contributed by atoms with van der Waals surface area (Å²) in [7, 11) is 1.62. The van der Waals surface area contributed by atoms with Crippen molar-refractivity contribution < 1.29 is 9.53 Å². The van der Waals surface area contributed by atoms with Crippen LogP contribution in [0.2, 0.25) is 0 Å². The standard InChI is InChI=1S/C15H17N3O2/c1-4-7-18-15(16)12(9-19)14(17-18)11-5-6-13(20-3)10(2)8-11/h4-6,8-9H,1,7,16H2,2-3H3. The summed E-state index contributed by atoms with van der Waals surface area (Å²) in [4.78, 5) is 11.3.